The molecule has 5 nitrogen and oxygen atoms in total. The van der Waals surface area contributed by atoms with E-state index < -0.39 is 0 Å². The molecule has 0 aromatic heterocycles. The van der Waals surface area contributed by atoms with Crippen LogP contribution in [-0.2, 0) is 4.74 Å². The highest BCUT2D eigenvalue weighted by atomic mass is 16.6. The van der Waals surface area contributed by atoms with E-state index in [1.807, 2.05) is 18.2 Å². The molecule has 19 heavy (non-hydrogen) atoms. The van der Waals surface area contributed by atoms with Crippen molar-refractivity contribution < 1.29 is 14.3 Å². The number of amides is 1. The number of carbonyl (C=O) groups is 1. The lowest BCUT2D eigenvalue weighted by Gasteiger charge is -2.23. The topological polar surface area (TPSA) is 38.8 Å². The lowest BCUT2D eigenvalue weighted by Crippen LogP contribution is -2.34. The Morgan fingerprint density at radius 2 is 1.68 bits per heavy atom. The summed E-state index contributed by atoms with van der Waals surface area (Å²) in [5, 5.41) is 0. The number of rotatable bonds is 2. The number of nitrogens with zero attached hydrogens (tertiary/aromatic N) is 2. The van der Waals surface area contributed by atoms with Gasteiger partial charge in [-0.25, -0.2) is 4.79 Å². The Balaban J connectivity index is 0.000000982. The highest BCUT2D eigenvalue weighted by molar-refractivity contribution is 5.70. The van der Waals surface area contributed by atoms with Crippen LogP contribution in [-0.4, -0.2) is 60.5 Å². The normalized spacial score (nSPS) is 10.3. The second-order valence-corrected chi connectivity index (χ2v) is 5.18. The summed E-state index contributed by atoms with van der Waals surface area (Å²) in [7, 11) is 12.8. The second-order valence-electron chi connectivity index (χ2n) is 5.18. The summed E-state index contributed by atoms with van der Waals surface area (Å²) in [4.78, 5) is 12.8. The molecule has 0 unspecified atom stereocenters. The molecule has 0 spiro atoms. The van der Waals surface area contributed by atoms with Gasteiger partial charge in [-0.1, -0.05) is 6.07 Å². The number of benzene rings is 1. The van der Waals surface area contributed by atoms with E-state index in [0.29, 0.717) is 10.2 Å². The third kappa shape index (κ3) is 6.79. The molecule has 1 amide bonds. The predicted octanol–water partition coefficient (Wildman–Crippen LogP) is 2.21. The first-order valence-electron chi connectivity index (χ1n) is 5.93. The van der Waals surface area contributed by atoms with Crippen molar-refractivity contribution in [3.05, 3.63) is 24.3 Å². The quantitative estimate of drug-likeness (QED) is 0.773. The summed E-state index contributed by atoms with van der Waals surface area (Å²) in [6, 6.07) is 7.55. The third-order valence-corrected chi connectivity index (χ3v) is 2.16. The number of carbonyl (C=O) groups excluding carboxylic acids is 1. The van der Waals surface area contributed by atoms with Gasteiger partial charge in [0.25, 0.3) is 0 Å². The maximum absolute atomic E-state index is 11.4. The Kier molecular flexibility index (Phi) is 7.11. The molecule has 0 bridgehead atoms. The van der Waals surface area contributed by atoms with Gasteiger partial charge >= 0.3 is 6.09 Å². The van der Waals surface area contributed by atoms with Gasteiger partial charge in [0, 0.05) is 34.4 Å². The van der Waals surface area contributed by atoms with Crippen LogP contribution in [0.15, 0.2) is 24.3 Å². The van der Waals surface area contributed by atoms with Gasteiger partial charge < -0.3 is 14.4 Å². The number of methoxy groups -OCH3 is 1. The summed E-state index contributed by atoms with van der Waals surface area (Å²) >= 11 is 0. The zero-order valence-corrected chi connectivity index (χ0v) is 12.9. The van der Waals surface area contributed by atoms with E-state index in [0.717, 1.165) is 5.69 Å². The van der Waals surface area contributed by atoms with Gasteiger partial charge in [0.05, 0.1) is 21.1 Å². The highest BCUT2D eigenvalue weighted by Crippen LogP contribution is 2.22. The average Bonchev–Trinajstić information content (AvgIpc) is 2.29. The number of hydrogen-bond donors (Lipinski definition) is 0. The fourth-order valence-corrected chi connectivity index (χ4v) is 1.16. The van der Waals surface area contributed by atoms with E-state index in [4.69, 9.17) is 4.74 Å². The molecule has 108 valence electrons. The van der Waals surface area contributed by atoms with E-state index in [1.54, 1.807) is 34.4 Å². The van der Waals surface area contributed by atoms with Crippen molar-refractivity contribution in [2.45, 2.75) is 0 Å². The molecular formula is C14H25N2O3+. The van der Waals surface area contributed by atoms with Crippen LogP contribution in [0.2, 0.25) is 0 Å². The molecule has 0 atom stereocenters. The van der Waals surface area contributed by atoms with E-state index in [2.05, 4.69) is 25.9 Å². The van der Waals surface area contributed by atoms with Gasteiger partial charge in [-0.3, -0.25) is 4.48 Å². The molecule has 1 aromatic carbocycles. The van der Waals surface area contributed by atoms with Gasteiger partial charge in [-0.15, -0.1) is 0 Å². The average molecular weight is 269 g/mol. The fraction of sp³-hybridized carbons (Fsp3) is 0.500. The summed E-state index contributed by atoms with van der Waals surface area (Å²) in [6.07, 6.45) is -0.362. The third-order valence-electron chi connectivity index (χ3n) is 2.16. The van der Waals surface area contributed by atoms with Crippen molar-refractivity contribution in [1.82, 2.24) is 9.38 Å². The van der Waals surface area contributed by atoms with Crippen molar-refractivity contribution in [3.8, 4) is 5.75 Å². The molecule has 0 radical (unpaired) electrons. The Bertz CT molecular complexity index is 398. The maximum Gasteiger partial charge on any atom is 0.414 e. The van der Waals surface area contributed by atoms with Crippen LogP contribution < -0.4 is 9.22 Å². The molecular weight excluding hydrogens is 244 g/mol. The molecule has 0 heterocycles. The summed E-state index contributed by atoms with van der Waals surface area (Å²) in [5.41, 5.74) is 1.09. The molecule has 5 heteroatoms. The minimum atomic E-state index is -0.362. The summed E-state index contributed by atoms with van der Waals surface area (Å²) in [6.45, 7) is 0. The van der Waals surface area contributed by atoms with E-state index in [9.17, 15) is 4.79 Å². The van der Waals surface area contributed by atoms with Crippen LogP contribution in [0.4, 0.5) is 10.5 Å². The van der Waals surface area contributed by atoms with E-state index >= 15 is 0 Å². The van der Waals surface area contributed by atoms with Gasteiger partial charge in [0.2, 0.25) is 0 Å². The first kappa shape index (κ1) is 17.4. The Morgan fingerprint density at radius 1 is 1.16 bits per heavy atom. The summed E-state index contributed by atoms with van der Waals surface area (Å²) in [5.74, 6) is 0.573. The lowest BCUT2D eigenvalue weighted by atomic mass is 10.2. The van der Waals surface area contributed by atoms with Crippen molar-refractivity contribution >= 4 is 11.8 Å². The number of ether oxygens (including phenoxy) is 2. The molecule has 1 rings (SSSR count). The maximum atomic E-state index is 11.4. The molecule has 0 fully saturated rings. The van der Waals surface area contributed by atoms with Crippen LogP contribution >= 0.6 is 0 Å². The van der Waals surface area contributed by atoms with Gasteiger partial charge in [-0.05, 0) is 12.1 Å². The molecule has 0 saturated carbocycles. The molecule has 0 saturated heterocycles. The molecule has 0 aliphatic carbocycles. The second kappa shape index (κ2) is 7.76. The lowest BCUT2D eigenvalue weighted by molar-refractivity contribution is 0.172. The van der Waals surface area contributed by atoms with Crippen molar-refractivity contribution in [2.24, 2.45) is 0 Å². The zero-order valence-electron chi connectivity index (χ0n) is 12.9. The van der Waals surface area contributed by atoms with E-state index in [1.165, 1.54) is 4.90 Å². The highest BCUT2D eigenvalue weighted by Gasteiger charge is 2.14. The molecule has 0 aliphatic rings. The van der Waals surface area contributed by atoms with Gasteiger partial charge in [-0.2, -0.15) is 0 Å². The number of hydrogen-bond acceptors (Lipinski definition) is 3. The summed E-state index contributed by atoms with van der Waals surface area (Å²) < 4.78 is 10.1. The van der Waals surface area contributed by atoms with Crippen molar-refractivity contribution in [3.63, 3.8) is 0 Å². The first-order chi connectivity index (χ1) is 8.72. The Hall–Kier alpha value is -1.59. The zero-order chi connectivity index (χ0) is 15.1. The van der Waals surface area contributed by atoms with Crippen LogP contribution in [0.5, 0.6) is 5.75 Å². The monoisotopic (exact) mass is 269 g/mol. The molecule has 1 aromatic rings. The Morgan fingerprint density at radius 3 is 2.11 bits per heavy atom. The van der Waals surface area contributed by atoms with E-state index in [-0.39, 0.29) is 6.09 Å². The smallest absolute Gasteiger partial charge is 0.410 e. The van der Waals surface area contributed by atoms with Crippen LogP contribution in [0.1, 0.15) is 0 Å². The standard InChI is InChI=1S/C12H19N2O2.C2H6O/c1-13(2)12(15)16-11-8-6-7-10(9-11)14(3,4)5;1-3-2/h6-9H,1-5H3;1-2H3/q+1;. The van der Waals surface area contributed by atoms with Crippen LogP contribution in [0.3, 0.4) is 0 Å². The molecule has 0 N–H and O–H groups in total. The Labute approximate surface area is 115 Å². The minimum absolute atomic E-state index is 0.362. The van der Waals surface area contributed by atoms with Crippen LogP contribution in [0, 0.1) is 0 Å². The first-order valence-corrected chi connectivity index (χ1v) is 5.93. The van der Waals surface area contributed by atoms with Gasteiger partial charge in [0.15, 0.2) is 0 Å². The minimum Gasteiger partial charge on any atom is -0.410 e. The van der Waals surface area contributed by atoms with Crippen LogP contribution in [0.25, 0.3) is 0 Å². The largest absolute Gasteiger partial charge is 0.414 e. The SMILES string of the molecule is CN(C)C(=O)Oc1cccc([N+](C)(C)C)c1.COC. The predicted molar refractivity (Wildman–Crippen MR) is 78.7 cm³/mol. The van der Waals surface area contributed by atoms with Crippen molar-refractivity contribution in [2.75, 3.05) is 49.5 Å². The molecule has 0 aliphatic heterocycles. The number of quaternary nitrogens is 1. The fourth-order valence-electron chi connectivity index (χ4n) is 1.16. The van der Waals surface area contributed by atoms with Gasteiger partial charge in [0.1, 0.15) is 11.4 Å². The van der Waals surface area contributed by atoms with Crippen molar-refractivity contribution in [1.29, 1.82) is 0 Å².